The van der Waals surface area contributed by atoms with Crippen LogP contribution in [0.25, 0.3) is 0 Å². The Labute approximate surface area is 119 Å². The fourth-order valence-electron chi connectivity index (χ4n) is 2.97. The molecule has 1 rings (SSSR count). The van der Waals surface area contributed by atoms with Crippen LogP contribution in [0.4, 0.5) is 0 Å². The van der Waals surface area contributed by atoms with Gasteiger partial charge in [0.2, 0.25) is 0 Å². The van der Waals surface area contributed by atoms with Crippen LogP contribution in [0.15, 0.2) is 18.2 Å². The molecule has 0 bridgehead atoms. The van der Waals surface area contributed by atoms with Gasteiger partial charge in [0, 0.05) is 12.0 Å². The first-order valence-electron chi connectivity index (χ1n) is 7.57. The molecule has 1 N–H and O–H groups in total. The fraction of sp³-hybridized carbons (Fsp3) is 0.667. The van der Waals surface area contributed by atoms with Gasteiger partial charge in [-0.05, 0) is 48.9 Å². The van der Waals surface area contributed by atoms with Gasteiger partial charge in [-0.25, -0.2) is 0 Å². The second-order valence-electron chi connectivity index (χ2n) is 6.80. The Bertz CT molecular complexity index is 408. The lowest BCUT2D eigenvalue weighted by Gasteiger charge is -2.35. The van der Waals surface area contributed by atoms with Crippen LogP contribution in [0.3, 0.4) is 0 Å². The molecule has 0 aliphatic carbocycles. The number of rotatable bonds is 5. The number of nitrogens with one attached hydrogen (secondary N) is 1. The van der Waals surface area contributed by atoms with Crippen molar-refractivity contribution in [2.24, 2.45) is 0 Å². The van der Waals surface area contributed by atoms with Crippen molar-refractivity contribution in [1.29, 1.82) is 0 Å². The van der Waals surface area contributed by atoms with E-state index < -0.39 is 0 Å². The lowest BCUT2D eigenvalue weighted by Crippen LogP contribution is -2.36. The third-order valence-electron chi connectivity index (χ3n) is 4.54. The highest BCUT2D eigenvalue weighted by molar-refractivity contribution is 5.40. The third kappa shape index (κ3) is 3.39. The molecular weight excluding hydrogens is 230 g/mol. The molecule has 1 aromatic carbocycles. The molecule has 108 valence electrons. The van der Waals surface area contributed by atoms with E-state index in [0.717, 1.165) is 6.54 Å². The van der Waals surface area contributed by atoms with Gasteiger partial charge in [-0.1, -0.05) is 52.8 Å². The minimum Gasteiger partial charge on any atom is -0.319 e. The molecule has 0 saturated carbocycles. The summed E-state index contributed by atoms with van der Waals surface area (Å²) in [5.74, 6) is 0. The van der Waals surface area contributed by atoms with E-state index in [1.807, 2.05) is 0 Å². The van der Waals surface area contributed by atoms with Crippen LogP contribution in [0.1, 0.15) is 64.2 Å². The Kier molecular flexibility index (Phi) is 5.20. The maximum Gasteiger partial charge on any atom is 0.00751 e. The summed E-state index contributed by atoms with van der Waals surface area (Å²) in [6, 6.07) is 7.03. The predicted octanol–water partition coefficient (Wildman–Crippen LogP) is 4.57. The minimum atomic E-state index is 0.218. The molecule has 0 atom stereocenters. The minimum absolute atomic E-state index is 0.218. The Hall–Kier alpha value is -0.820. The van der Waals surface area contributed by atoms with Gasteiger partial charge in [-0.3, -0.25) is 0 Å². The summed E-state index contributed by atoms with van der Waals surface area (Å²) in [6.07, 6.45) is 2.36. The topological polar surface area (TPSA) is 12.0 Å². The molecule has 0 aromatic heterocycles. The molecule has 1 nitrogen and oxygen atoms in total. The highest BCUT2D eigenvalue weighted by atomic mass is 14.8. The Morgan fingerprint density at radius 1 is 1.05 bits per heavy atom. The quantitative estimate of drug-likeness (QED) is 0.818. The zero-order valence-electron chi connectivity index (χ0n) is 13.9. The molecule has 0 heterocycles. The van der Waals surface area contributed by atoms with Crippen LogP contribution in [-0.2, 0) is 10.8 Å². The molecule has 1 heteroatoms. The van der Waals surface area contributed by atoms with Gasteiger partial charge in [-0.15, -0.1) is 0 Å². The van der Waals surface area contributed by atoms with Crippen molar-refractivity contribution in [2.45, 2.75) is 65.2 Å². The van der Waals surface area contributed by atoms with E-state index in [0.29, 0.717) is 0 Å². The van der Waals surface area contributed by atoms with E-state index in [4.69, 9.17) is 0 Å². The van der Waals surface area contributed by atoms with Crippen molar-refractivity contribution in [3.63, 3.8) is 0 Å². The number of hydrogen-bond donors (Lipinski definition) is 1. The zero-order valence-corrected chi connectivity index (χ0v) is 13.9. The molecule has 0 aliphatic heterocycles. The second kappa shape index (κ2) is 6.09. The van der Waals surface area contributed by atoms with Gasteiger partial charge in [-0.2, -0.15) is 0 Å². The van der Waals surface area contributed by atoms with E-state index in [-0.39, 0.29) is 10.8 Å². The first kappa shape index (κ1) is 16.2. The van der Waals surface area contributed by atoms with Gasteiger partial charge >= 0.3 is 0 Å². The van der Waals surface area contributed by atoms with Crippen molar-refractivity contribution >= 4 is 0 Å². The van der Waals surface area contributed by atoms with Crippen LogP contribution >= 0.6 is 0 Å². The van der Waals surface area contributed by atoms with Crippen LogP contribution < -0.4 is 5.32 Å². The maximum absolute atomic E-state index is 3.39. The molecule has 0 radical (unpaired) electrons. The highest BCUT2D eigenvalue weighted by Crippen LogP contribution is 2.36. The van der Waals surface area contributed by atoms with E-state index in [9.17, 15) is 0 Å². The summed E-state index contributed by atoms with van der Waals surface area (Å²) >= 11 is 0. The van der Waals surface area contributed by atoms with Gasteiger partial charge < -0.3 is 5.32 Å². The van der Waals surface area contributed by atoms with Crippen molar-refractivity contribution < 1.29 is 0 Å². The molecule has 0 amide bonds. The summed E-state index contributed by atoms with van der Waals surface area (Å²) in [5.41, 5.74) is 4.87. The standard InChI is InChI=1S/C18H31N/c1-8-18(9-2,13-19-7)16-12-15(17(4,5)6)11-10-14(16)3/h10-12,19H,8-9,13H2,1-7H3. The Balaban J connectivity index is 3.37. The number of benzene rings is 1. The lowest BCUT2D eigenvalue weighted by molar-refractivity contribution is 0.378. The van der Waals surface area contributed by atoms with Gasteiger partial charge in [0.15, 0.2) is 0 Å². The van der Waals surface area contributed by atoms with Gasteiger partial charge in [0.1, 0.15) is 0 Å². The molecule has 1 aromatic rings. The third-order valence-corrected chi connectivity index (χ3v) is 4.54. The van der Waals surface area contributed by atoms with Gasteiger partial charge in [0.25, 0.3) is 0 Å². The monoisotopic (exact) mass is 261 g/mol. The van der Waals surface area contributed by atoms with E-state index in [1.54, 1.807) is 0 Å². The summed E-state index contributed by atoms with van der Waals surface area (Å²) in [6.45, 7) is 14.8. The first-order valence-corrected chi connectivity index (χ1v) is 7.57. The second-order valence-corrected chi connectivity index (χ2v) is 6.80. The van der Waals surface area contributed by atoms with E-state index in [2.05, 4.69) is 72.1 Å². The number of likely N-dealkylation sites (N-methyl/N-ethyl adjacent to an activating group) is 1. The molecule has 0 fully saturated rings. The van der Waals surface area contributed by atoms with Crippen LogP contribution in [0.2, 0.25) is 0 Å². The normalized spacial score (nSPS) is 12.8. The molecule has 0 saturated heterocycles. The number of hydrogen-bond acceptors (Lipinski definition) is 1. The van der Waals surface area contributed by atoms with Gasteiger partial charge in [0.05, 0.1) is 0 Å². The summed E-state index contributed by atoms with van der Waals surface area (Å²) < 4.78 is 0. The van der Waals surface area contributed by atoms with Crippen LogP contribution in [0.5, 0.6) is 0 Å². The smallest absolute Gasteiger partial charge is 0.00751 e. The maximum atomic E-state index is 3.39. The molecule has 0 aliphatic rings. The SMILES string of the molecule is CCC(CC)(CNC)c1cc(C(C)(C)C)ccc1C. The lowest BCUT2D eigenvalue weighted by atomic mass is 9.72. The largest absolute Gasteiger partial charge is 0.319 e. The Morgan fingerprint density at radius 2 is 1.63 bits per heavy atom. The Morgan fingerprint density at radius 3 is 2.05 bits per heavy atom. The summed E-state index contributed by atoms with van der Waals surface area (Å²) in [7, 11) is 2.06. The fourth-order valence-corrected chi connectivity index (χ4v) is 2.97. The van der Waals surface area contributed by atoms with Crippen LogP contribution in [-0.4, -0.2) is 13.6 Å². The first-order chi connectivity index (χ1) is 8.80. The highest BCUT2D eigenvalue weighted by Gasteiger charge is 2.30. The molecular formula is C18H31N. The van der Waals surface area contributed by atoms with Crippen LogP contribution in [0, 0.1) is 6.92 Å². The summed E-state index contributed by atoms with van der Waals surface area (Å²) in [4.78, 5) is 0. The van der Waals surface area contributed by atoms with E-state index >= 15 is 0 Å². The average molecular weight is 261 g/mol. The molecule has 19 heavy (non-hydrogen) atoms. The van der Waals surface area contributed by atoms with E-state index in [1.165, 1.54) is 29.5 Å². The summed E-state index contributed by atoms with van der Waals surface area (Å²) in [5, 5.41) is 3.39. The molecule has 0 spiro atoms. The van der Waals surface area contributed by atoms with Crippen molar-refractivity contribution in [1.82, 2.24) is 5.32 Å². The molecule has 0 unspecified atom stereocenters. The number of aryl methyl sites for hydroxylation is 1. The predicted molar refractivity (Wildman–Crippen MR) is 86.1 cm³/mol. The van der Waals surface area contributed by atoms with Crippen molar-refractivity contribution in [2.75, 3.05) is 13.6 Å². The van der Waals surface area contributed by atoms with Crippen molar-refractivity contribution in [3.8, 4) is 0 Å². The zero-order chi connectivity index (χ0) is 14.7. The van der Waals surface area contributed by atoms with Crippen molar-refractivity contribution in [3.05, 3.63) is 34.9 Å². The average Bonchev–Trinajstić information content (AvgIpc) is 2.35.